The third-order valence-electron chi connectivity index (χ3n) is 25.0. The summed E-state index contributed by atoms with van der Waals surface area (Å²) in [4.78, 5) is 0. The highest BCUT2D eigenvalue weighted by atomic mass is 19.4. The number of hydrogen-bond acceptors (Lipinski definition) is 8. The van der Waals surface area contributed by atoms with Crippen LogP contribution in [-0.2, 0) is 18.9 Å². The number of aliphatic hydroxyl groups excluding tert-OH is 4. The van der Waals surface area contributed by atoms with Crippen LogP contribution in [0.1, 0.15) is 0 Å². The van der Waals surface area contributed by atoms with Gasteiger partial charge in [0.05, 0.1) is 56.3 Å². The zero-order chi connectivity index (χ0) is 92.5. The molecule has 0 radical (unpaired) electrons. The number of aliphatic hydroxyl groups is 4. The Labute approximate surface area is 592 Å². The van der Waals surface area contributed by atoms with Gasteiger partial charge in [0.2, 0.25) is 0 Å². The van der Waals surface area contributed by atoms with E-state index < -0.39 is 289 Å². The normalized spacial score (nSPS) is 51.1. The molecule has 0 aromatic heterocycles. The summed E-state index contributed by atoms with van der Waals surface area (Å²) < 4.78 is 975. The van der Waals surface area contributed by atoms with Crippen LogP contribution in [0.4, 0.5) is 263 Å². The molecule has 16 bridgehead atoms. The van der Waals surface area contributed by atoms with E-state index in [9.17, 15) is 20.4 Å². The zero-order valence-corrected chi connectivity index (χ0v) is 51.7. The van der Waals surface area contributed by atoms with Crippen LogP contribution in [0.3, 0.4) is 0 Å². The van der Waals surface area contributed by atoms with E-state index in [1.807, 2.05) is 0 Å². The van der Waals surface area contributed by atoms with Crippen molar-refractivity contribution in [3.8, 4) is 0 Å². The number of halogens is 60. The minimum absolute atomic E-state index is 2.49. The van der Waals surface area contributed by atoms with Gasteiger partial charge in [-0.05, 0) is 0 Å². The van der Waals surface area contributed by atoms with Gasteiger partial charge in [-0.25, -0.2) is 52.7 Å². The van der Waals surface area contributed by atoms with E-state index in [1.54, 1.807) is 0 Å². The highest BCUT2D eigenvalue weighted by Gasteiger charge is 3.29. The molecule has 117 heavy (non-hydrogen) atoms. The van der Waals surface area contributed by atoms with Gasteiger partial charge in [-0.3, -0.25) is 0 Å². The summed E-state index contributed by atoms with van der Waals surface area (Å²) in [6.45, 7) is -23.1. The summed E-state index contributed by atoms with van der Waals surface area (Å²) in [5.74, 6) is -229. The van der Waals surface area contributed by atoms with Gasteiger partial charge < -0.3 is 39.4 Å². The molecule has 0 amide bonds. The second-order valence-electron chi connectivity index (χ2n) is 28.7. The Morgan fingerprint density at radius 3 is 0.274 bits per heavy atom. The second-order valence-corrected chi connectivity index (χ2v) is 28.7. The smallest absolute Gasteiger partial charge is 0.339 e. The van der Waals surface area contributed by atoms with Crippen LogP contribution < -0.4 is 0 Å². The van der Waals surface area contributed by atoms with Crippen molar-refractivity contribution in [2.24, 2.45) is 5.41 Å². The van der Waals surface area contributed by atoms with Crippen molar-refractivity contribution >= 4 is 0 Å². The van der Waals surface area contributed by atoms with Gasteiger partial charge in [-0.15, -0.1) is 0 Å². The van der Waals surface area contributed by atoms with E-state index in [0.29, 0.717) is 0 Å². The molecule has 16 fully saturated rings. The van der Waals surface area contributed by atoms with Crippen LogP contribution >= 0.6 is 0 Å². The van der Waals surface area contributed by atoms with Crippen LogP contribution in [0.2, 0.25) is 0 Å². The quantitative estimate of drug-likeness (QED) is 0.113. The molecule has 0 aromatic carbocycles. The van der Waals surface area contributed by atoms with Crippen molar-refractivity contribution in [1.82, 2.24) is 0 Å². The van der Waals surface area contributed by atoms with E-state index in [1.165, 1.54) is 0 Å². The number of alkyl halides is 60. The fourth-order valence-corrected chi connectivity index (χ4v) is 19.0. The summed E-state index contributed by atoms with van der Waals surface area (Å²) in [6.07, 6.45) is -28.6. The SMILES string of the molecule is OC(COC12C(F)(F)C3(F)C(F)(F)C(F)(C(F)(F)C(F)(C3(F)F)C1(F)F)C2(F)F)C(C(O)COC12C(F)(F)C3(F)C(F)(F)C(F)(C(F)(F)C(F)(C3(F)F)C1(F)F)C2(F)F)(C(O)COC12C(F)(F)C3(F)C(F)(F)C(F)(C(F)(F)C(F)(C3(F)F)C1(F)F)C2(F)F)C(O)COC12C(F)(F)C3(F)C(F)(F)C(F)(C(F)(F)C(F)(C3(F)F)C1(F)F)C2(F)F. The maximum atomic E-state index is 16.5. The molecule has 68 heteroatoms. The molecular formula is C49H16F60O8. The molecule has 680 valence electrons. The van der Waals surface area contributed by atoms with Crippen molar-refractivity contribution in [3.05, 3.63) is 0 Å². The van der Waals surface area contributed by atoms with Gasteiger partial charge in [-0.2, -0.15) is 211 Å². The Kier molecular flexibility index (Phi) is 15.6. The summed E-state index contributed by atoms with van der Waals surface area (Å²) in [5, 5.41) is 46.3. The minimum Gasteiger partial charge on any atom is -0.390 e. The largest absolute Gasteiger partial charge is 0.390 e. The third-order valence-corrected chi connectivity index (χ3v) is 25.0. The van der Waals surface area contributed by atoms with Crippen molar-refractivity contribution in [1.29, 1.82) is 0 Å². The molecule has 16 aliphatic carbocycles. The molecule has 4 unspecified atom stereocenters. The number of ether oxygens (including phenoxy) is 4. The number of rotatable bonds is 16. The molecular weight excluding hydrogens is 1860 g/mol. The van der Waals surface area contributed by atoms with Gasteiger partial charge in [0.1, 0.15) is 0 Å². The van der Waals surface area contributed by atoms with Crippen molar-refractivity contribution in [2.75, 3.05) is 26.4 Å². The van der Waals surface area contributed by atoms with Gasteiger partial charge in [0, 0.05) is 0 Å². The average molecular weight is 1870 g/mol. The first kappa shape index (κ1) is 91.7. The molecule has 0 aromatic rings. The van der Waals surface area contributed by atoms with Crippen LogP contribution in [0, 0.1) is 5.41 Å². The lowest BCUT2D eigenvalue weighted by Crippen LogP contribution is -3.10. The first-order valence-electron chi connectivity index (χ1n) is 29.1. The zero-order valence-electron chi connectivity index (χ0n) is 51.7. The molecule has 16 saturated carbocycles. The molecule has 0 saturated heterocycles. The Balaban J connectivity index is 1.18. The maximum Gasteiger partial charge on any atom is 0.339 e. The van der Waals surface area contributed by atoms with E-state index >= 15 is 263 Å². The van der Waals surface area contributed by atoms with E-state index in [0.717, 1.165) is 0 Å². The van der Waals surface area contributed by atoms with E-state index in [4.69, 9.17) is 0 Å². The van der Waals surface area contributed by atoms with Crippen molar-refractivity contribution in [3.63, 3.8) is 0 Å². The van der Waals surface area contributed by atoms with E-state index in [2.05, 4.69) is 18.9 Å². The fraction of sp³-hybridized carbons (Fsp3) is 1.00. The van der Waals surface area contributed by atoms with Gasteiger partial charge in [0.25, 0.3) is 22.4 Å². The van der Waals surface area contributed by atoms with Crippen molar-refractivity contribution < 1.29 is 303 Å². The topological polar surface area (TPSA) is 118 Å². The Bertz CT molecular complexity index is 3330. The first-order chi connectivity index (χ1) is 50.5. The van der Waals surface area contributed by atoms with Crippen LogP contribution in [0.5, 0.6) is 0 Å². The van der Waals surface area contributed by atoms with Crippen LogP contribution in [0.15, 0.2) is 0 Å². The van der Waals surface area contributed by atoms with Gasteiger partial charge in [-0.1, -0.05) is 0 Å². The Morgan fingerprint density at radius 1 is 0.137 bits per heavy atom. The first-order valence-corrected chi connectivity index (χ1v) is 29.1. The third kappa shape index (κ3) is 5.91. The Morgan fingerprint density at radius 2 is 0.205 bits per heavy atom. The van der Waals surface area contributed by atoms with Crippen LogP contribution in [0.25, 0.3) is 0 Å². The fourth-order valence-electron chi connectivity index (χ4n) is 19.0. The second kappa shape index (κ2) is 19.9. The van der Waals surface area contributed by atoms with Crippen LogP contribution in [-0.4, -0.2) is 304 Å². The lowest BCUT2D eigenvalue weighted by atomic mass is 9.40. The summed E-state index contributed by atoms with van der Waals surface area (Å²) in [6, 6.07) is 0. The number of hydrogen-bond donors (Lipinski definition) is 4. The van der Waals surface area contributed by atoms with Gasteiger partial charge >= 0.3 is 210 Å². The molecule has 16 rings (SSSR count). The predicted molar refractivity (Wildman–Crippen MR) is 226 cm³/mol. The molecule has 8 nitrogen and oxygen atoms in total. The molecule has 4 atom stereocenters. The van der Waals surface area contributed by atoms with Crippen molar-refractivity contribution in [2.45, 2.75) is 257 Å². The average Bonchev–Trinajstić information content (AvgIpc) is 0.605. The summed E-state index contributed by atoms with van der Waals surface area (Å²) >= 11 is 0. The van der Waals surface area contributed by atoms with E-state index in [-0.39, 0.29) is 0 Å². The lowest BCUT2D eigenvalue weighted by molar-refractivity contribution is -0.619. The lowest BCUT2D eigenvalue weighted by Gasteiger charge is -2.74. The molecule has 0 spiro atoms. The highest BCUT2D eigenvalue weighted by Crippen LogP contribution is 2.95. The standard InChI is InChI=1S/C49H16F60O8/c50-10-26(62,63)11(51)28(66,67)12(52,27(10,64)65)40(90,91)22(38(10,86)87,39(11,88)89)114-1-5(110)9(6(111)2-115-23-41(92,93)13(53)29(68,69)14(54,42(23,94)95)31(72,73)15(55,30(13,70)71)43(23,96)97,7(112)3-116-24-44(98,99)16(56)32(74,75)17(57,45(24,100)101)34(78,79)18(58,33(16,76)77)46(24,102)103)8(113)4-117-25-47(104,105)19(59)35(80,81)20(60,48(25,106)107)37(84,85)21(61,36(19,82)83)49(25,108)109/h5-8,110-113H,1-4H2. The predicted octanol–water partition coefficient (Wildman–Crippen LogP) is 14.3. The monoisotopic (exact) mass is 1870 g/mol. The molecule has 4 N–H and O–H groups in total. The molecule has 0 aliphatic heterocycles. The molecule has 16 aliphatic rings. The summed E-state index contributed by atoms with van der Waals surface area (Å²) in [7, 11) is 0. The minimum atomic E-state index is -9.71. The Hall–Kier alpha value is -4.52. The highest BCUT2D eigenvalue weighted by molar-refractivity contribution is 5.59. The molecule has 0 heterocycles. The summed E-state index contributed by atoms with van der Waals surface area (Å²) in [5.41, 5.74) is -160. The van der Waals surface area contributed by atoms with Gasteiger partial charge in [0.15, 0.2) is 0 Å². The maximum absolute atomic E-state index is 16.5.